The number of ether oxygens (including phenoxy) is 1. The van der Waals surface area contributed by atoms with Gasteiger partial charge in [-0.1, -0.05) is 0 Å². The zero-order valence-corrected chi connectivity index (χ0v) is 13.0. The first-order valence-corrected chi connectivity index (χ1v) is 7.18. The van der Waals surface area contributed by atoms with E-state index in [1.165, 1.54) is 31.2 Å². The molecule has 1 aliphatic rings. The van der Waals surface area contributed by atoms with E-state index in [0.717, 1.165) is 6.20 Å². The summed E-state index contributed by atoms with van der Waals surface area (Å²) in [5.74, 6) is -1.82. The Morgan fingerprint density at radius 2 is 2.17 bits per heavy atom. The highest BCUT2D eigenvalue weighted by molar-refractivity contribution is 5.99. The second-order valence-electron chi connectivity index (χ2n) is 5.34. The molecule has 0 spiro atoms. The summed E-state index contributed by atoms with van der Waals surface area (Å²) in [6.07, 6.45) is 2.30. The van der Waals surface area contributed by atoms with Crippen molar-refractivity contribution in [3.05, 3.63) is 29.6 Å². The van der Waals surface area contributed by atoms with Crippen molar-refractivity contribution >= 4 is 17.8 Å². The topological polar surface area (TPSA) is 109 Å². The minimum atomic E-state index is -1.11. The lowest BCUT2D eigenvalue weighted by molar-refractivity contribution is -0.133. The van der Waals surface area contributed by atoms with E-state index in [4.69, 9.17) is 9.84 Å². The number of likely N-dealkylation sites (N-methyl/N-ethyl adjacent to an activating group) is 1. The molecule has 1 unspecified atom stereocenters. The maximum absolute atomic E-state index is 12.7. The molecule has 23 heavy (non-hydrogen) atoms. The predicted molar refractivity (Wildman–Crippen MR) is 80.1 cm³/mol. The molecule has 0 bridgehead atoms. The maximum atomic E-state index is 12.7. The van der Waals surface area contributed by atoms with E-state index in [9.17, 15) is 14.4 Å². The van der Waals surface area contributed by atoms with Crippen LogP contribution in [-0.4, -0.2) is 65.6 Å². The molecule has 1 aromatic heterocycles. The van der Waals surface area contributed by atoms with E-state index in [-0.39, 0.29) is 23.8 Å². The first kappa shape index (κ1) is 16.9. The van der Waals surface area contributed by atoms with Gasteiger partial charge in [-0.05, 0) is 25.0 Å². The van der Waals surface area contributed by atoms with E-state index in [1.807, 2.05) is 0 Å². The third kappa shape index (κ3) is 3.02. The summed E-state index contributed by atoms with van der Waals surface area (Å²) >= 11 is 0. The van der Waals surface area contributed by atoms with Gasteiger partial charge in [0.2, 0.25) is 5.91 Å². The fourth-order valence-electron chi connectivity index (χ4n) is 2.88. The number of carboxylic acids is 1. The van der Waals surface area contributed by atoms with Crippen LogP contribution in [0.15, 0.2) is 18.3 Å². The van der Waals surface area contributed by atoms with Gasteiger partial charge in [0, 0.05) is 26.9 Å². The third-order valence-electron chi connectivity index (χ3n) is 4.00. The molecule has 1 aliphatic heterocycles. The summed E-state index contributed by atoms with van der Waals surface area (Å²) in [6.45, 7) is 0.504. The van der Waals surface area contributed by atoms with Crippen LogP contribution >= 0.6 is 0 Å². The highest BCUT2D eigenvalue weighted by Crippen LogP contribution is 2.31. The zero-order chi connectivity index (χ0) is 17.0. The third-order valence-corrected chi connectivity index (χ3v) is 4.00. The Morgan fingerprint density at radius 1 is 1.43 bits per heavy atom. The zero-order valence-electron chi connectivity index (χ0n) is 13.0. The van der Waals surface area contributed by atoms with Crippen molar-refractivity contribution in [2.24, 2.45) is 0 Å². The molecule has 2 rings (SSSR count). The van der Waals surface area contributed by atoms with Gasteiger partial charge < -0.3 is 20.1 Å². The number of carbonyl (C=O) groups is 3. The summed E-state index contributed by atoms with van der Waals surface area (Å²) in [5, 5.41) is 11.5. The number of nitrogens with zero attached hydrogens (tertiary/aromatic N) is 2. The number of hydrogen-bond donors (Lipinski definition) is 2. The van der Waals surface area contributed by atoms with Crippen LogP contribution in [0.1, 0.15) is 33.7 Å². The fourth-order valence-corrected chi connectivity index (χ4v) is 2.88. The van der Waals surface area contributed by atoms with Crippen molar-refractivity contribution in [3.8, 4) is 0 Å². The first-order valence-electron chi connectivity index (χ1n) is 7.18. The van der Waals surface area contributed by atoms with Gasteiger partial charge in [-0.3, -0.25) is 14.6 Å². The number of hydrogen-bond acceptors (Lipinski definition) is 5. The Hall–Kier alpha value is -2.48. The second kappa shape index (κ2) is 6.74. The van der Waals surface area contributed by atoms with Gasteiger partial charge in [0.25, 0.3) is 5.91 Å². The minimum Gasteiger partial charge on any atom is -0.478 e. The van der Waals surface area contributed by atoms with Crippen molar-refractivity contribution < 1.29 is 24.2 Å². The molecule has 124 valence electrons. The Bertz CT molecular complexity index is 616. The lowest BCUT2D eigenvalue weighted by atomic mass is 9.95. The number of nitrogens with one attached hydrogen (secondary N) is 1. The van der Waals surface area contributed by atoms with E-state index >= 15 is 0 Å². The van der Waals surface area contributed by atoms with Crippen molar-refractivity contribution in [2.75, 3.05) is 27.3 Å². The summed E-state index contributed by atoms with van der Waals surface area (Å²) in [7, 11) is 2.99. The smallest absolute Gasteiger partial charge is 0.337 e. The lowest BCUT2D eigenvalue weighted by Crippen LogP contribution is -2.59. The molecule has 1 aromatic rings. The van der Waals surface area contributed by atoms with Gasteiger partial charge >= 0.3 is 5.97 Å². The number of carboxylic acid groups (broad SMARTS) is 1. The summed E-state index contributed by atoms with van der Waals surface area (Å²) in [4.78, 5) is 41.3. The molecule has 1 atom stereocenters. The quantitative estimate of drug-likeness (QED) is 0.799. The number of methoxy groups -OCH3 is 1. The van der Waals surface area contributed by atoms with Crippen LogP contribution in [0.5, 0.6) is 0 Å². The second-order valence-corrected chi connectivity index (χ2v) is 5.34. The largest absolute Gasteiger partial charge is 0.478 e. The van der Waals surface area contributed by atoms with Crippen molar-refractivity contribution in [1.29, 1.82) is 0 Å². The highest BCUT2D eigenvalue weighted by atomic mass is 16.5. The molecule has 1 fully saturated rings. The van der Waals surface area contributed by atoms with Crippen molar-refractivity contribution in [1.82, 2.24) is 15.2 Å². The van der Waals surface area contributed by atoms with E-state index in [2.05, 4.69) is 10.3 Å². The Morgan fingerprint density at radius 3 is 2.70 bits per heavy atom. The molecule has 8 nitrogen and oxygen atoms in total. The molecule has 0 aliphatic carbocycles. The summed E-state index contributed by atoms with van der Waals surface area (Å²) < 4.78 is 5.17. The predicted octanol–water partition coefficient (Wildman–Crippen LogP) is 0.147. The van der Waals surface area contributed by atoms with Crippen LogP contribution in [0.25, 0.3) is 0 Å². The van der Waals surface area contributed by atoms with E-state index in [1.54, 1.807) is 0 Å². The van der Waals surface area contributed by atoms with E-state index in [0.29, 0.717) is 19.4 Å². The van der Waals surface area contributed by atoms with Gasteiger partial charge in [-0.2, -0.15) is 0 Å². The number of aromatic carboxylic acids is 1. The number of aromatic nitrogens is 1. The molecular formula is C15H19N3O5. The van der Waals surface area contributed by atoms with Crippen LogP contribution in [0.2, 0.25) is 0 Å². The average molecular weight is 321 g/mol. The molecular weight excluding hydrogens is 302 g/mol. The molecule has 0 aromatic carbocycles. The average Bonchev–Trinajstić information content (AvgIpc) is 2.98. The van der Waals surface area contributed by atoms with Gasteiger partial charge in [0.1, 0.15) is 11.2 Å². The van der Waals surface area contributed by atoms with Crippen LogP contribution in [-0.2, 0) is 9.53 Å². The number of amides is 2. The standard InChI is InChI=1S/C15H19N3O5/c1-16-14(22)15(9-23-2)6-3-7-18(15)12(19)11-5-4-10(8-17-11)13(20)21/h4-5,8H,3,6-7,9H2,1-2H3,(H,16,22)(H,20,21). The molecule has 0 radical (unpaired) electrons. The SMILES string of the molecule is CNC(=O)C1(COC)CCCN1C(=O)c1ccc(C(=O)O)cn1. The molecule has 8 heteroatoms. The summed E-state index contributed by atoms with van der Waals surface area (Å²) in [5.41, 5.74) is -0.966. The van der Waals surface area contributed by atoms with Crippen LogP contribution in [0, 0.1) is 0 Å². The van der Waals surface area contributed by atoms with Gasteiger partial charge in [-0.15, -0.1) is 0 Å². The van der Waals surface area contributed by atoms with Crippen molar-refractivity contribution in [3.63, 3.8) is 0 Å². The fraction of sp³-hybridized carbons (Fsp3) is 0.467. The maximum Gasteiger partial charge on any atom is 0.337 e. The molecule has 2 amide bonds. The van der Waals surface area contributed by atoms with Crippen LogP contribution < -0.4 is 5.32 Å². The van der Waals surface area contributed by atoms with Crippen molar-refractivity contribution in [2.45, 2.75) is 18.4 Å². The van der Waals surface area contributed by atoms with E-state index < -0.39 is 17.4 Å². The summed E-state index contributed by atoms with van der Waals surface area (Å²) in [6, 6.07) is 2.67. The number of pyridine rings is 1. The lowest BCUT2D eigenvalue weighted by Gasteiger charge is -2.36. The van der Waals surface area contributed by atoms with Crippen LogP contribution in [0.3, 0.4) is 0 Å². The van der Waals surface area contributed by atoms with Gasteiger partial charge in [0.15, 0.2) is 0 Å². The molecule has 2 N–H and O–H groups in total. The Labute approximate surface area is 133 Å². The minimum absolute atomic E-state index is 0.00238. The number of rotatable bonds is 5. The van der Waals surface area contributed by atoms with Gasteiger partial charge in [0.05, 0.1) is 12.2 Å². The molecule has 2 heterocycles. The first-order chi connectivity index (χ1) is 11.0. The Kier molecular flexibility index (Phi) is 4.95. The number of carbonyl (C=O) groups excluding carboxylic acids is 2. The molecule has 0 saturated carbocycles. The number of likely N-dealkylation sites (tertiary alicyclic amines) is 1. The molecule has 1 saturated heterocycles. The normalized spacial score (nSPS) is 20.3. The Balaban J connectivity index is 2.32. The monoisotopic (exact) mass is 321 g/mol. The van der Waals surface area contributed by atoms with Crippen LogP contribution in [0.4, 0.5) is 0 Å². The van der Waals surface area contributed by atoms with Gasteiger partial charge in [-0.25, -0.2) is 4.79 Å². The highest BCUT2D eigenvalue weighted by Gasteiger charge is 2.49.